The zero-order valence-electron chi connectivity index (χ0n) is 18.8. The molecule has 0 aliphatic rings. The topological polar surface area (TPSA) is 90.3 Å². The molecule has 0 aliphatic carbocycles. The number of methoxy groups -OCH3 is 1. The minimum Gasteiger partial charge on any atom is -0.465 e. The van der Waals surface area contributed by atoms with Crippen LogP contribution in [0.4, 0.5) is 5.69 Å². The number of amides is 1. The summed E-state index contributed by atoms with van der Waals surface area (Å²) < 4.78 is 6.10. The molecule has 4 aromatic rings. The second-order valence-corrected chi connectivity index (χ2v) is 7.44. The smallest absolute Gasteiger partial charge is 0.339 e. The van der Waals surface area contributed by atoms with Crippen LogP contribution in [0.15, 0.2) is 89.7 Å². The first-order valence-electron chi connectivity index (χ1n) is 10.8. The van der Waals surface area contributed by atoms with E-state index in [1.54, 1.807) is 31.2 Å². The van der Waals surface area contributed by atoms with Gasteiger partial charge in [-0.3, -0.25) is 9.59 Å². The van der Waals surface area contributed by atoms with Gasteiger partial charge in [-0.2, -0.15) is 5.10 Å². The van der Waals surface area contributed by atoms with E-state index in [-0.39, 0.29) is 23.4 Å². The molecule has 0 saturated heterocycles. The number of nitrogens with zero attached hydrogens (tertiary/aromatic N) is 2. The Kier molecular flexibility index (Phi) is 6.64. The van der Waals surface area contributed by atoms with E-state index in [1.165, 1.54) is 11.8 Å². The molecule has 170 valence electrons. The molecule has 0 unspecified atom stereocenters. The maximum atomic E-state index is 13.6. The second kappa shape index (κ2) is 9.95. The van der Waals surface area contributed by atoms with Gasteiger partial charge in [0.15, 0.2) is 0 Å². The minimum absolute atomic E-state index is 0.0541. The average Bonchev–Trinajstić information content (AvgIpc) is 2.89. The fourth-order valence-corrected chi connectivity index (χ4v) is 3.74. The molecule has 7 nitrogen and oxygen atoms in total. The van der Waals surface area contributed by atoms with Crippen molar-refractivity contribution in [2.75, 3.05) is 12.4 Å². The largest absolute Gasteiger partial charge is 0.465 e. The number of carbonyl (C=O) groups excluding carboxylic acids is 2. The quantitative estimate of drug-likeness (QED) is 0.430. The van der Waals surface area contributed by atoms with E-state index in [4.69, 9.17) is 4.74 Å². The summed E-state index contributed by atoms with van der Waals surface area (Å²) in [4.78, 5) is 39.3. The van der Waals surface area contributed by atoms with Gasteiger partial charge in [0, 0.05) is 17.7 Å². The Labute approximate surface area is 196 Å². The summed E-state index contributed by atoms with van der Waals surface area (Å²) in [5, 5.41) is 7.34. The van der Waals surface area contributed by atoms with Crippen LogP contribution >= 0.6 is 0 Å². The molecule has 3 aromatic carbocycles. The average molecular weight is 453 g/mol. The third-order valence-corrected chi connectivity index (χ3v) is 5.37. The van der Waals surface area contributed by atoms with Crippen LogP contribution < -0.4 is 10.9 Å². The molecule has 1 heterocycles. The SMILES string of the molecule is CCn1nc(-c2ccccc2)c(-c2ccccc2)c(C(=O)Nc2ccccc2C(=O)OC)c1=O. The number of aromatic nitrogens is 2. The first-order valence-corrected chi connectivity index (χ1v) is 10.8. The normalized spacial score (nSPS) is 10.5. The fraction of sp³-hybridized carbons (Fsp3) is 0.111. The molecule has 1 amide bonds. The summed E-state index contributed by atoms with van der Waals surface area (Å²) in [6.07, 6.45) is 0. The number of benzene rings is 3. The summed E-state index contributed by atoms with van der Waals surface area (Å²) >= 11 is 0. The van der Waals surface area contributed by atoms with Crippen molar-refractivity contribution >= 4 is 17.6 Å². The Morgan fingerprint density at radius 3 is 2.09 bits per heavy atom. The Bertz CT molecular complexity index is 1400. The van der Waals surface area contributed by atoms with Crippen molar-refractivity contribution < 1.29 is 14.3 Å². The zero-order valence-corrected chi connectivity index (χ0v) is 18.8. The maximum absolute atomic E-state index is 13.6. The van der Waals surface area contributed by atoms with Gasteiger partial charge in [-0.05, 0) is 24.6 Å². The maximum Gasteiger partial charge on any atom is 0.339 e. The van der Waals surface area contributed by atoms with E-state index < -0.39 is 17.4 Å². The van der Waals surface area contributed by atoms with Crippen LogP contribution in [-0.2, 0) is 11.3 Å². The van der Waals surface area contributed by atoms with Crippen molar-refractivity contribution in [2.24, 2.45) is 0 Å². The van der Waals surface area contributed by atoms with Gasteiger partial charge < -0.3 is 10.1 Å². The van der Waals surface area contributed by atoms with E-state index in [9.17, 15) is 14.4 Å². The van der Waals surface area contributed by atoms with Gasteiger partial charge in [-0.25, -0.2) is 9.48 Å². The van der Waals surface area contributed by atoms with E-state index in [2.05, 4.69) is 10.4 Å². The molecule has 0 atom stereocenters. The highest BCUT2D eigenvalue weighted by Crippen LogP contribution is 2.32. The number of rotatable bonds is 6. The molecular weight excluding hydrogens is 430 g/mol. The molecule has 7 heteroatoms. The van der Waals surface area contributed by atoms with Crippen LogP contribution in [0.2, 0.25) is 0 Å². The molecule has 0 saturated carbocycles. The van der Waals surface area contributed by atoms with Crippen molar-refractivity contribution in [3.05, 3.63) is 106 Å². The number of carbonyl (C=O) groups is 2. The van der Waals surface area contributed by atoms with Crippen LogP contribution in [0.25, 0.3) is 22.4 Å². The summed E-state index contributed by atoms with van der Waals surface area (Å²) in [5.74, 6) is -1.23. The molecule has 4 rings (SSSR count). The summed E-state index contributed by atoms with van der Waals surface area (Å²) in [5.41, 5.74) is 2.25. The van der Waals surface area contributed by atoms with Crippen LogP contribution in [-0.4, -0.2) is 28.8 Å². The lowest BCUT2D eigenvalue weighted by atomic mass is 9.95. The Morgan fingerprint density at radius 2 is 1.47 bits per heavy atom. The highest BCUT2D eigenvalue weighted by molar-refractivity contribution is 6.12. The third-order valence-electron chi connectivity index (χ3n) is 5.37. The van der Waals surface area contributed by atoms with Gasteiger partial charge in [0.05, 0.1) is 24.1 Å². The first kappa shape index (κ1) is 22.7. The Hall–Kier alpha value is -4.52. The van der Waals surface area contributed by atoms with Crippen molar-refractivity contribution in [1.29, 1.82) is 0 Å². The van der Waals surface area contributed by atoms with Crippen LogP contribution in [0.3, 0.4) is 0 Å². The number of hydrogen-bond donors (Lipinski definition) is 1. The fourth-order valence-electron chi connectivity index (χ4n) is 3.74. The van der Waals surface area contributed by atoms with Gasteiger partial charge in [0.2, 0.25) is 0 Å². The molecule has 0 spiro atoms. The van der Waals surface area contributed by atoms with Gasteiger partial charge in [-0.1, -0.05) is 72.8 Å². The molecular formula is C27H23N3O4. The number of anilines is 1. The van der Waals surface area contributed by atoms with Crippen molar-refractivity contribution in [2.45, 2.75) is 13.5 Å². The lowest BCUT2D eigenvalue weighted by Gasteiger charge is -2.17. The number of nitrogens with one attached hydrogen (secondary N) is 1. The Morgan fingerprint density at radius 1 is 0.882 bits per heavy atom. The molecule has 0 aliphatic heterocycles. The van der Waals surface area contributed by atoms with Crippen LogP contribution in [0.1, 0.15) is 27.6 Å². The van der Waals surface area contributed by atoms with E-state index >= 15 is 0 Å². The number of hydrogen-bond acceptors (Lipinski definition) is 5. The Balaban J connectivity index is 1.96. The van der Waals surface area contributed by atoms with E-state index in [0.29, 0.717) is 16.8 Å². The van der Waals surface area contributed by atoms with E-state index in [1.807, 2.05) is 60.7 Å². The number of aryl methyl sites for hydroxylation is 1. The zero-order chi connectivity index (χ0) is 24.1. The highest BCUT2D eigenvalue weighted by Gasteiger charge is 2.26. The molecule has 34 heavy (non-hydrogen) atoms. The van der Waals surface area contributed by atoms with Gasteiger partial charge in [0.25, 0.3) is 11.5 Å². The lowest BCUT2D eigenvalue weighted by molar-refractivity contribution is 0.0602. The standard InChI is InChI=1S/C27H23N3O4/c1-3-30-26(32)23(25(31)28-21-17-11-10-16-20(21)27(33)34-2)22(18-12-6-4-7-13-18)24(29-30)19-14-8-5-9-15-19/h4-17H,3H2,1-2H3,(H,28,31). The van der Waals surface area contributed by atoms with Crippen LogP contribution in [0, 0.1) is 0 Å². The second-order valence-electron chi connectivity index (χ2n) is 7.44. The minimum atomic E-state index is -0.637. The predicted octanol–water partition coefficient (Wildman–Crippen LogP) is 4.64. The highest BCUT2D eigenvalue weighted by atomic mass is 16.5. The van der Waals surface area contributed by atoms with E-state index in [0.717, 1.165) is 5.56 Å². The number of para-hydroxylation sites is 1. The number of ether oxygens (including phenoxy) is 1. The van der Waals surface area contributed by atoms with Gasteiger partial charge in [-0.15, -0.1) is 0 Å². The first-order chi connectivity index (χ1) is 16.5. The predicted molar refractivity (Wildman–Crippen MR) is 131 cm³/mol. The summed E-state index contributed by atoms with van der Waals surface area (Å²) in [6.45, 7) is 2.08. The van der Waals surface area contributed by atoms with Crippen molar-refractivity contribution in [3.63, 3.8) is 0 Å². The lowest BCUT2D eigenvalue weighted by Crippen LogP contribution is -2.32. The molecule has 0 radical (unpaired) electrons. The summed E-state index contributed by atoms with van der Waals surface area (Å²) in [7, 11) is 1.27. The molecule has 1 N–H and O–H groups in total. The molecule has 1 aromatic heterocycles. The number of esters is 1. The van der Waals surface area contributed by atoms with Gasteiger partial charge >= 0.3 is 5.97 Å². The third kappa shape index (κ3) is 4.36. The molecule has 0 fully saturated rings. The summed E-state index contributed by atoms with van der Waals surface area (Å²) in [6, 6.07) is 25.1. The monoisotopic (exact) mass is 453 g/mol. The van der Waals surface area contributed by atoms with Gasteiger partial charge in [0.1, 0.15) is 5.56 Å². The van der Waals surface area contributed by atoms with Crippen LogP contribution in [0.5, 0.6) is 0 Å². The van der Waals surface area contributed by atoms with Crippen molar-refractivity contribution in [1.82, 2.24) is 9.78 Å². The molecule has 0 bridgehead atoms. The van der Waals surface area contributed by atoms with Crippen molar-refractivity contribution in [3.8, 4) is 22.4 Å².